The number of piperidine rings is 1. The summed E-state index contributed by atoms with van der Waals surface area (Å²) < 4.78 is 0. The molecule has 0 bridgehead atoms. The van der Waals surface area contributed by atoms with Crippen LogP contribution in [-0.2, 0) is 9.59 Å². The predicted molar refractivity (Wildman–Crippen MR) is 83.0 cm³/mol. The average molecular weight is 298 g/mol. The van der Waals surface area contributed by atoms with Crippen LogP contribution >= 0.6 is 0 Å². The number of carboxylic acid groups (broad SMARTS) is 1. The van der Waals surface area contributed by atoms with E-state index >= 15 is 0 Å². The molecule has 1 fully saturated rings. The highest BCUT2D eigenvalue weighted by molar-refractivity contribution is 5.78. The van der Waals surface area contributed by atoms with Crippen LogP contribution in [0, 0.1) is 17.8 Å². The van der Waals surface area contributed by atoms with Crippen molar-refractivity contribution in [1.82, 2.24) is 10.2 Å². The van der Waals surface area contributed by atoms with Crippen LogP contribution in [0.3, 0.4) is 0 Å². The van der Waals surface area contributed by atoms with Gasteiger partial charge in [0.2, 0.25) is 5.91 Å². The van der Waals surface area contributed by atoms with E-state index in [2.05, 4.69) is 19.2 Å². The van der Waals surface area contributed by atoms with Crippen molar-refractivity contribution >= 4 is 11.9 Å². The van der Waals surface area contributed by atoms with Crippen LogP contribution in [-0.4, -0.2) is 47.6 Å². The Bertz CT molecular complexity index is 355. The number of likely N-dealkylation sites (tertiary alicyclic amines) is 1. The van der Waals surface area contributed by atoms with E-state index in [4.69, 9.17) is 0 Å². The van der Waals surface area contributed by atoms with Gasteiger partial charge >= 0.3 is 5.97 Å². The molecule has 0 spiro atoms. The van der Waals surface area contributed by atoms with Gasteiger partial charge in [0.05, 0.1) is 5.92 Å². The van der Waals surface area contributed by atoms with Gasteiger partial charge in [0.15, 0.2) is 0 Å². The maximum absolute atomic E-state index is 12.2. The lowest BCUT2D eigenvalue weighted by Crippen LogP contribution is -2.53. The summed E-state index contributed by atoms with van der Waals surface area (Å²) in [5.74, 6) is -0.254. The quantitative estimate of drug-likeness (QED) is 0.754. The van der Waals surface area contributed by atoms with Gasteiger partial charge in [0, 0.05) is 25.6 Å². The Morgan fingerprint density at radius 1 is 1.19 bits per heavy atom. The van der Waals surface area contributed by atoms with Crippen molar-refractivity contribution in [3.05, 3.63) is 0 Å². The summed E-state index contributed by atoms with van der Waals surface area (Å²) >= 11 is 0. The number of nitrogens with zero attached hydrogens (tertiary/aromatic N) is 1. The molecule has 1 aliphatic rings. The third-order valence-electron chi connectivity index (χ3n) is 3.89. The van der Waals surface area contributed by atoms with E-state index in [-0.39, 0.29) is 11.9 Å². The number of hydrogen-bond donors (Lipinski definition) is 2. The maximum Gasteiger partial charge on any atom is 0.308 e. The van der Waals surface area contributed by atoms with Crippen LogP contribution in [0.15, 0.2) is 0 Å². The molecule has 2 N–H and O–H groups in total. The number of carboxylic acids is 1. The highest BCUT2D eigenvalue weighted by Gasteiger charge is 2.33. The van der Waals surface area contributed by atoms with E-state index < -0.39 is 11.9 Å². The molecular weight excluding hydrogens is 268 g/mol. The molecule has 122 valence electrons. The molecule has 0 radical (unpaired) electrons. The van der Waals surface area contributed by atoms with Gasteiger partial charge in [-0.25, -0.2) is 0 Å². The fourth-order valence-corrected chi connectivity index (χ4v) is 2.68. The number of hydrogen-bond acceptors (Lipinski definition) is 3. The molecule has 0 aromatic rings. The normalized spacial score (nSPS) is 22.9. The minimum Gasteiger partial charge on any atom is -0.481 e. The van der Waals surface area contributed by atoms with Gasteiger partial charge in [-0.2, -0.15) is 0 Å². The molecule has 1 saturated heterocycles. The molecule has 1 aliphatic heterocycles. The summed E-state index contributed by atoms with van der Waals surface area (Å²) in [4.78, 5) is 25.2. The lowest BCUT2D eigenvalue weighted by molar-refractivity contribution is -0.146. The van der Waals surface area contributed by atoms with E-state index in [1.165, 1.54) is 0 Å². The molecule has 21 heavy (non-hydrogen) atoms. The van der Waals surface area contributed by atoms with E-state index in [1.54, 1.807) is 4.90 Å². The zero-order valence-corrected chi connectivity index (χ0v) is 13.8. The molecule has 1 rings (SSSR count). The molecule has 5 nitrogen and oxygen atoms in total. The topological polar surface area (TPSA) is 69.6 Å². The Kier molecular flexibility index (Phi) is 7.15. The van der Waals surface area contributed by atoms with Gasteiger partial charge in [0.1, 0.15) is 0 Å². The summed E-state index contributed by atoms with van der Waals surface area (Å²) in [7, 11) is 0. The summed E-state index contributed by atoms with van der Waals surface area (Å²) in [6.07, 6.45) is 2.16. The minimum absolute atomic E-state index is 0.0756. The van der Waals surface area contributed by atoms with Crippen molar-refractivity contribution in [3.8, 4) is 0 Å². The Labute approximate surface area is 128 Å². The fourth-order valence-electron chi connectivity index (χ4n) is 2.68. The van der Waals surface area contributed by atoms with E-state index in [0.717, 1.165) is 13.0 Å². The first-order valence-corrected chi connectivity index (χ1v) is 8.03. The lowest BCUT2D eigenvalue weighted by Gasteiger charge is -2.37. The monoisotopic (exact) mass is 298 g/mol. The smallest absolute Gasteiger partial charge is 0.308 e. The van der Waals surface area contributed by atoms with Crippen LogP contribution in [0.1, 0.15) is 47.0 Å². The third kappa shape index (κ3) is 6.46. The highest BCUT2D eigenvalue weighted by Crippen LogP contribution is 2.19. The van der Waals surface area contributed by atoms with E-state index in [0.29, 0.717) is 37.8 Å². The zero-order valence-electron chi connectivity index (χ0n) is 13.8. The molecule has 0 aliphatic carbocycles. The molecular formula is C16H30N2O3. The van der Waals surface area contributed by atoms with Crippen molar-refractivity contribution in [2.75, 3.05) is 19.6 Å². The number of aliphatic carboxylic acids is 1. The van der Waals surface area contributed by atoms with Crippen molar-refractivity contribution in [2.45, 2.75) is 53.0 Å². The average Bonchev–Trinajstić information content (AvgIpc) is 2.37. The molecule has 2 atom stereocenters. The molecule has 5 heteroatoms. The van der Waals surface area contributed by atoms with Crippen LogP contribution in [0.25, 0.3) is 0 Å². The fraction of sp³-hybridized carbons (Fsp3) is 0.875. The molecule has 1 heterocycles. The first-order chi connectivity index (χ1) is 9.79. The highest BCUT2D eigenvalue weighted by atomic mass is 16.4. The van der Waals surface area contributed by atoms with Crippen molar-refractivity contribution in [2.24, 2.45) is 17.8 Å². The van der Waals surface area contributed by atoms with Gasteiger partial charge in [0.25, 0.3) is 0 Å². The van der Waals surface area contributed by atoms with Crippen LogP contribution in [0.5, 0.6) is 0 Å². The van der Waals surface area contributed by atoms with Gasteiger partial charge in [-0.05, 0) is 31.2 Å². The second-order valence-electron chi connectivity index (χ2n) is 7.00. The SMILES string of the molecule is CC(C)CCNC1CC(C(=O)O)CN(C(=O)CC(C)C)C1. The molecule has 0 aromatic heterocycles. The minimum atomic E-state index is -0.798. The van der Waals surface area contributed by atoms with Crippen molar-refractivity contribution < 1.29 is 14.7 Å². The Balaban J connectivity index is 2.59. The van der Waals surface area contributed by atoms with Gasteiger partial charge < -0.3 is 15.3 Å². The Morgan fingerprint density at radius 3 is 2.38 bits per heavy atom. The van der Waals surface area contributed by atoms with Crippen molar-refractivity contribution in [3.63, 3.8) is 0 Å². The Hall–Kier alpha value is -1.10. The van der Waals surface area contributed by atoms with E-state index in [9.17, 15) is 14.7 Å². The van der Waals surface area contributed by atoms with Gasteiger partial charge in [-0.3, -0.25) is 9.59 Å². The summed E-state index contributed by atoms with van der Waals surface area (Å²) in [6, 6.07) is 0.0923. The number of rotatable bonds is 7. The number of carbonyl (C=O) groups is 2. The Morgan fingerprint density at radius 2 is 1.86 bits per heavy atom. The first kappa shape index (κ1) is 18.0. The van der Waals surface area contributed by atoms with Crippen LogP contribution in [0.2, 0.25) is 0 Å². The predicted octanol–water partition coefficient (Wildman–Crippen LogP) is 1.97. The van der Waals surface area contributed by atoms with Gasteiger partial charge in [-0.15, -0.1) is 0 Å². The number of amides is 1. The maximum atomic E-state index is 12.2. The lowest BCUT2D eigenvalue weighted by atomic mass is 9.93. The zero-order chi connectivity index (χ0) is 16.0. The second-order valence-corrected chi connectivity index (χ2v) is 7.00. The number of nitrogens with one attached hydrogen (secondary N) is 1. The third-order valence-corrected chi connectivity index (χ3v) is 3.89. The summed E-state index contributed by atoms with van der Waals surface area (Å²) in [6.45, 7) is 10.2. The molecule has 2 unspecified atom stereocenters. The molecule has 0 saturated carbocycles. The van der Waals surface area contributed by atoms with Crippen LogP contribution < -0.4 is 5.32 Å². The second kappa shape index (κ2) is 8.37. The molecule has 0 aromatic carbocycles. The van der Waals surface area contributed by atoms with Gasteiger partial charge in [-0.1, -0.05) is 27.7 Å². The largest absolute Gasteiger partial charge is 0.481 e. The summed E-state index contributed by atoms with van der Waals surface area (Å²) in [5, 5.41) is 12.7. The van der Waals surface area contributed by atoms with E-state index in [1.807, 2.05) is 13.8 Å². The van der Waals surface area contributed by atoms with Crippen LogP contribution in [0.4, 0.5) is 0 Å². The number of carbonyl (C=O) groups excluding carboxylic acids is 1. The van der Waals surface area contributed by atoms with Crippen molar-refractivity contribution in [1.29, 1.82) is 0 Å². The molecule has 1 amide bonds. The first-order valence-electron chi connectivity index (χ1n) is 8.03. The standard InChI is InChI=1S/C16H30N2O3/c1-11(2)5-6-17-14-8-13(16(20)21)9-18(10-14)15(19)7-12(3)4/h11-14,17H,5-10H2,1-4H3,(H,20,21). The summed E-state index contributed by atoms with van der Waals surface area (Å²) in [5.41, 5.74) is 0.